The highest BCUT2D eigenvalue weighted by molar-refractivity contribution is 5.77. The van der Waals surface area contributed by atoms with E-state index in [2.05, 4.69) is 17.9 Å². The minimum atomic E-state index is 0.0833. The summed E-state index contributed by atoms with van der Waals surface area (Å²) in [5, 5.41) is 0. The highest BCUT2D eigenvalue weighted by atomic mass is 16.5. The molecule has 0 bridgehead atoms. The summed E-state index contributed by atoms with van der Waals surface area (Å²) in [6.45, 7) is 11.0. The lowest BCUT2D eigenvalue weighted by Gasteiger charge is -2.33. The minimum Gasteiger partial charge on any atom is -0.484 e. The maximum absolute atomic E-state index is 12.1. The van der Waals surface area contributed by atoms with Crippen LogP contribution in [0, 0.1) is 13.8 Å². The molecule has 4 nitrogen and oxygen atoms in total. The predicted molar refractivity (Wildman–Crippen MR) is 80.1 cm³/mol. The van der Waals surface area contributed by atoms with Gasteiger partial charge in [-0.15, -0.1) is 0 Å². The Morgan fingerprint density at radius 3 is 2.25 bits per heavy atom. The van der Waals surface area contributed by atoms with Crippen LogP contribution in [0.2, 0.25) is 0 Å². The van der Waals surface area contributed by atoms with Crippen LogP contribution in [0.1, 0.15) is 18.1 Å². The van der Waals surface area contributed by atoms with E-state index in [1.54, 1.807) is 0 Å². The number of carbonyl (C=O) groups is 1. The van der Waals surface area contributed by atoms with Gasteiger partial charge in [-0.1, -0.05) is 13.0 Å². The molecule has 0 atom stereocenters. The van der Waals surface area contributed by atoms with Crippen LogP contribution in [-0.2, 0) is 4.79 Å². The number of hydrogen-bond donors (Lipinski definition) is 0. The molecule has 1 aromatic rings. The van der Waals surface area contributed by atoms with Crippen LogP contribution in [0.5, 0.6) is 5.75 Å². The quantitative estimate of drug-likeness (QED) is 0.841. The van der Waals surface area contributed by atoms with Gasteiger partial charge < -0.3 is 14.5 Å². The first-order valence-electron chi connectivity index (χ1n) is 7.29. The van der Waals surface area contributed by atoms with Gasteiger partial charge in [-0.2, -0.15) is 0 Å². The molecule has 2 rings (SSSR count). The molecule has 20 heavy (non-hydrogen) atoms. The van der Waals surface area contributed by atoms with Gasteiger partial charge in [-0.3, -0.25) is 4.79 Å². The second kappa shape index (κ2) is 6.75. The Kier molecular flexibility index (Phi) is 5.01. The van der Waals surface area contributed by atoms with Crippen molar-refractivity contribution in [1.29, 1.82) is 0 Å². The summed E-state index contributed by atoms with van der Waals surface area (Å²) in [6.07, 6.45) is 0. The van der Waals surface area contributed by atoms with E-state index in [0.29, 0.717) is 0 Å². The molecule has 1 aliphatic heterocycles. The number of ether oxygens (including phenoxy) is 1. The molecule has 110 valence electrons. The van der Waals surface area contributed by atoms with Gasteiger partial charge in [0.25, 0.3) is 5.91 Å². The van der Waals surface area contributed by atoms with E-state index in [9.17, 15) is 4.79 Å². The van der Waals surface area contributed by atoms with Gasteiger partial charge in [-0.25, -0.2) is 0 Å². The monoisotopic (exact) mass is 276 g/mol. The third-order valence-electron chi connectivity index (χ3n) is 3.73. The maximum Gasteiger partial charge on any atom is 0.260 e. The van der Waals surface area contributed by atoms with Crippen molar-refractivity contribution in [3.8, 4) is 5.75 Å². The summed E-state index contributed by atoms with van der Waals surface area (Å²) in [7, 11) is 0. The van der Waals surface area contributed by atoms with Gasteiger partial charge in [-0.05, 0) is 43.7 Å². The normalized spacial score (nSPS) is 16.2. The second-order valence-electron chi connectivity index (χ2n) is 5.43. The van der Waals surface area contributed by atoms with Crippen molar-refractivity contribution in [1.82, 2.24) is 9.80 Å². The first kappa shape index (κ1) is 14.9. The van der Waals surface area contributed by atoms with Gasteiger partial charge in [0.2, 0.25) is 0 Å². The second-order valence-corrected chi connectivity index (χ2v) is 5.43. The third-order valence-corrected chi connectivity index (χ3v) is 3.73. The molecule has 1 saturated heterocycles. The summed E-state index contributed by atoms with van der Waals surface area (Å²) in [5.74, 6) is 0.864. The summed E-state index contributed by atoms with van der Waals surface area (Å²) >= 11 is 0. The molecule has 4 heteroatoms. The minimum absolute atomic E-state index is 0.0833. The highest BCUT2D eigenvalue weighted by Crippen LogP contribution is 2.16. The van der Waals surface area contributed by atoms with Crippen LogP contribution < -0.4 is 4.74 Å². The van der Waals surface area contributed by atoms with Crippen LogP contribution in [0.4, 0.5) is 0 Å². The Morgan fingerprint density at radius 2 is 1.70 bits per heavy atom. The molecule has 0 radical (unpaired) electrons. The van der Waals surface area contributed by atoms with Crippen LogP contribution >= 0.6 is 0 Å². The van der Waals surface area contributed by atoms with Crippen molar-refractivity contribution in [2.75, 3.05) is 39.3 Å². The van der Waals surface area contributed by atoms with E-state index in [0.717, 1.165) is 49.6 Å². The van der Waals surface area contributed by atoms with E-state index in [1.165, 1.54) is 0 Å². The first-order valence-corrected chi connectivity index (χ1v) is 7.29. The van der Waals surface area contributed by atoms with E-state index >= 15 is 0 Å². The molecule has 0 unspecified atom stereocenters. The Bertz CT molecular complexity index is 445. The molecular weight excluding hydrogens is 252 g/mol. The Balaban J connectivity index is 1.83. The summed E-state index contributed by atoms with van der Waals surface area (Å²) in [4.78, 5) is 16.4. The number of piperazine rings is 1. The molecule has 1 heterocycles. The molecule has 1 aliphatic rings. The number of rotatable bonds is 4. The smallest absolute Gasteiger partial charge is 0.260 e. The molecule has 1 fully saturated rings. The Morgan fingerprint density at radius 1 is 1.10 bits per heavy atom. The lowest BCUT2D eigenvalue weighted by molar-refractivity contribution is -0.135. The van der Waals surface area contributed by atoms with Crippen molar-refractivity contribution in [3.63, 3.8) is 0 Å². The predicted octanol–water partition coefficient (Wildman–Crippen LogP) is 1.85. The fourth-order valence-corrected chi connectivity index (χ4v) is 2.57. The van der Waals surface area contributed by atoms with E-state index < -0.39 is 0 Å². The highest BCUT2D eigenvalue weighted by Gasteiger charge is 2.20. The standard InChI is InChI=1S/C16H24N2O2/c1-4-17-5-7-18(8-6-17)16(19)12-20-15-10-13(2)9-14(3)11-15/h9-11H,4-8,12H2,1-3H3. The van der Waals surface area contributed by atoms with E-state index in [1.807, 2.05) is 30.9 Å². The van der Waals surface area contributed by atoms with Gasteiger partial charge in [0, 0.05) is 26.2 Å². The zero-order chi connectivity index (χ0) is 14.5. The summed E-state index contributed by atoms with van der Waals surface area (Å²) < 4.78 is 5.63. The summed E-state index contributed by atoms with van der Waals surface area (Å²) in [6, 6.07) is 6.03. The van der Waals surface area contributed by atoms with Crippen LogP contribution in [-0.4, -0.2) is 55.0 Å². The molecule has 1 amide bonds. The average Bonchev–Trinajstić information content (AvgIpc) is 2.44. The zero-order valence-electron chi connectivity index (χ0n) is 12.7. The number of likely N-dealkylation sites (N-methyl/N-ethyl adjacent to an activating group) is 1. The molecule has 1 aromatic carbocycles. The molecule has 0 aliphatic carbocycles. The number of aryl methyl sites for hydroxylation is 2. The van der Waals surface area contributed by atoms with E-state index in [4.69, 9.17) is 4.74 Å². The maximum atomic E-state index is 12.1. The third kappa shape index (κ3) is 3.97. The molecule has 0 spiro atoms. The fraction of sp³-hybridized carbons (Fsp3) is 0.562. The molecule has 0 saturated carbocycles. The number of benzene rings is 1. The average molecular weight is 276 g/mol. The molecular formula is C16H24N2O2. The Hall–Kier alpha value is -1.55. The first-order chi connectivity index (χ1) is 9.58. The number of amides is 1. The van der Waals surface area contributed by atoms with Crippen molar-refractivity contribution in [3.05, 3.63) is 29.3 Å². The number of carbonyl (C=O) groups excluding carboxylic acids is 1. The zero-order valence-corrected chi connectivity index (χ0v) is 12.7. The van der Waals surface area contributed by atoms with Crippen LogP contribution in [0.15, 0.2) is 18.2 Å². The van der Waals surface area contributed by atoms with Crippen molar-refractivity contribution in [2.24, 2.45) is 0 Å². The van der Waals surface area contributed by atoms with Gasteiger partial charge in [0.05, 0.1) is 0 Å². The van der Waals surface area contributed by atoms with Gasteiger partial charge in [0.15, 0.2) is 6.61 Å². The fourth-order valence-electron chi connectivity index (χ4n) is 2.57. The lowest BCUT2D eigenvalue weighted by atomic mass is 10.1. The Labute approximate surface area is 121 Å². The SMILES string of the molecule is CCN1CCN(C(=O)COc2cc(C)cc(C)c2)CC1. The van der Waals surface area contributed by atoms with Crippen LogP contribution in [0.25, 0.3) is 0 Å². The lowest BCUT2D eigenvalue weighted by Crippen LogP contribution is -2.49. The summed E-state index contributed by atoms with van der Waals surface area (Å²) in [5.41, 5.74) is 2.31. The van der Waals surface area contributed by atoms with Gasteiger partial charge >= 0.3 is 0 Å². The molecule has 0 N–H and O–H groups in total. The van der Waals surface area contributed by atoms with E-state index in [-0.39, 0.29) is 12.5 Å². The largest absolute Gasteiger partial charge is 0.484 e. The van der Waals surface area contributed by atoms with Gasteiger partial charge in [0.1, 0.15) is 5.75 Å². The number of hydrogen-bond acceptors (Lipinski definition) is 3. The van der Waals surface area contributed by atoms with Crippen LogP contribution in [0.3, 0.4) is 0 Å². The topological polar surface area (TPSA) is 32.8 Å². The molecule has 0 aromatic heterocycles. The van der Waals surface area contributed by atoms with Crippen molar-refractivity contribution in [2.45, 2.75) is 20.8 Å². The van der Waals surface area contributed by atoms with Crippen molar-refractivity contribution < 1.29 is 9.53 Å². The van der Waals surface area contributed by atoms with Crippen molar-refractivity contribution >= 4 is 5.91 Å². The number of nitrogens with zero attached hydrogens (tertiary/aromatic N) is 2.